The van der Waals surface area contributed by atoms with E-state index in [9.17, 15) is 4.79 Å². The zero-order chi connectivity index (χ0) is 20.4. The van der Waals surface area contributed by atoms with Gasteiger partial charge in [-0.05, 0) is 43.4 Å². The molecule has 3 aromatic heterocycles. The van der Waals surface area contributed by atoms with E-state index in [1.54, 1.807) is 23.3 Å². The van der Waals surface area contributed by atoms with Crippen molar-refractivity contribution >= 4 is 5.91 Å². The van der Waals surface area contributed by atoms with Crippen LogP contribution in [-0.4, -0.2) is 48.8 Å². The second-order valence-electron chi connectivity index (χ2n) is 8.53. The number of hydrogen-bond acceptors (Lipinski definition) is 6. The number of nitrogens with zero attached hydrogens (tertiary/aromatic N) is 6. The summed E-state index contributed by atoms with van der Waals surface area (Å²) in [6.07, 6.45) is 13.0. The Morgan fingerprint density at radius 3 is 2.97 bits per heavy atom. The van der Waals surface area contributed by atoms with Gasteiger partial charge in [-0.25, -0.2) is 0 Å². The molecule has 0 aromatic carbocycles. The Morgan fingerprint density at radius 2 is 2.20 bits per heavy atom. The fraction of sp³-hybridized carbons (Fsp3) is 0.500. The Hall–Kier alpha value is -3.03. The molecule has 1 amide bonds. The number of carbonyl (C=O) groups is 1. The van der Waals surface area contributed by atoms with Crippen LogP contribution in [0.2, 0.25) is 0 Å². The lowest BCUT2D eigenvalue weighted by molar-refractivity contribution is -0.134. The van der Waals surface area contributed by atoms with Crippen LogP contribution < -0.4 is 0 Å². The van der Waals surface area contributed by atoms with Crippen LogP contribution in [0.3, 0.4) is 0 Å². The first-order valence-corrected chi connectivity index (χ1v) is 10.7. The van der Waals surface area contributed by atoms with Crippen LogP contribution in [0.4, 0.5) is 0 Å². The highest BCUT2D eigenvalue weighted by atomic mass is 16.5. The van der Waals surface area contributed by atoms with Crippen molar-refractivity contribution in [3.8, 4) is 11.5 Å². The monoisotopic (exact) mass is 406 g/mol. The minimum Gasteiger partial charge on any atom is -0.342 e. The number of piperidine rings is 1. The lowest BCUT2D eigenvalue weighted by Gasteiger charge is -2.41. The minimum absolute atomic E-state index is 0.168. The van der Waals surface area contributed by atoms with Crippen molar-refractivity contribution in [3.63, 3.8) is 0 Å². The number of pyridine rings is 1. The van der Waals surface area contributed by atoms with Crippen molar-refractivity contribution in [2.24, 2.45) is 5.92 Å². The summed E-state index contributed by atoms with van der Waals surface area (Å²) in [5, 5.41) is 8.58. The summed E-state index contributed by atoms with van der Waals surface area (Å²) in [5.41, 5.74) is 0.589. The first-order chi connectivity index (χ1) is 14.7. The molecule has 5 rings (SSSR count). The molecule has 1 aliphatic heterocycles. The summed E-state index contributed by atoms with van der Waals surface area (Å²) < 4.78 is 7.41. The summed E-state index contributed by atoms with van der Waals surface area (Å²) in [6, 6.07) is 5.66. The molecule has 3 aromatic rings. The van der Waals surface area contributed by atoms with Gasteiger partial charge in [-0.15, -0.1) is 0 Å². The Balaban J connectivity index is 1.35. The van der Waals surface area contributed by atoms with Crippen LogP contribution in [0.5, 0.6) is 0 Å². The summed E-state index contributed by atoms with van der Waals surface area (Å²) in [4.78, 5) is 23.9. The summed E-state index contributed by atoms with van der Waals surface area (Å²) in [6.45, 7) is 2.05. The highest BCUT2D eigenvalue weighted by Gasteiger charge is 2.45. The van der Waals surface area contributed by atoms with Crippen LogP contribution >= 0.6 is 0 Å². The number of aryl methyl sites for hydroxylation is 1. The van der Waals surface area contributed by atoms with Crippen molar-refractivity contribution in [3.05, 3.63) is 48.8 Å². The number of carbonyl (C=O) groups excluding carboxylic acids is 1. The normalized spacial score (nSPS) is 21.7. The quantitative estimate of drug-likeness (QED) is 0.599. The van der Waals surface area contributed by atoms with Crippen LogP contribution in [0.15, 0.2) is 47.5 Å². The van der Waals surface area contributed by atoms with Gasteiger partial charge in [-0.3, -0.25) is 14.5 Å². The van der Waals surface area contributed by atoms with Crippen molar-refractivity contribution < 1.29 is 9.32 Å². The third-order valence-electron chi connectivity index (χ3n) is 6.23. The van der Waals surface area contributed by atoms with Gasteiger partial charge in [-0.2, -0.15) is 10.1 Å². The van der Waals surface area contributed by atoms with E-state index in [2.05, 4.69) is 15.2 Å². The molecule has 1 saturated carbocycles. The van der Waals surface area contributed by atoms with E-state index in [0.717, 1.165) is 37.2 Å². The Bertz CT molecular complexity index is 982. The summed E-state index contributed by atoms with van der Waals surface area (Å²) in [5.74, 6) is 2.10. The zero-order valence-electron chi connectivity index (χ0n) is 17.0. The van der Waals surface area contributed by atoms with Crippen LogP contribution in [0.25, 0.3) is 11.5 Å². The second-order valence-corrected chi connectivity index (χ2v) is 8.53. The molecule has 2 fully saturated rings. The maximum absolute atomic E-state index is 13.0. The van der Waals surface area contributed by atoms with Gasteiger partial charge in [0.25, 0.3) is 5.89 Å². The number of aromatic nitrogens is 5. The predicted molar refractivity (Wildman–Crippen MR) is 109 cm³/mol. The van der Waals surface area contributed by atoms with Crippen molar-refractivity contribution in [2.75, 3.05) is 13.1 Å². The number of likely N-dealkylation sites (tertiary alicyclic amines) is 1. The lowest BCUT2D eigenvalue weighted by Crippen LogP contribution is -2.49. The van der Waals surface area contributed by atoms with E-state index in [1.807, 2.05) is 29.3 Å². The van der Waals surface area contributed by atoms with E-state index >= 15 is 0 Å². The zero-order valence-corrected chi connectivity index (χ0v) is 17.0. The molecular formula is C22H26N6O2. The predicted octanol–water partition coefficient (Wildman–Crippen LogP) is 3.08. The van der Waals surface area contributed by atoms with Gasteiger partial charge >= 0.3 is 0 Å². The Kier molecular flexibility index (Phi) is 5.06. The maximum atomic E-state index is 13.0. The maximum Gasteiger partial charge on any atom is 0.259 e. The Labute approximate surface area is 175 Å². The molecule has 0 radical (unpaired) electrons. The molecule has 1 unspecified atom stereocenters. The highest BCUT2D eigenvalue weighted by molar-refractivity contribution is 5.76. The van der Waals surface area contributed by atoms with Gasteiger partial charge in [0.15, 0.2) is 5.82 Å². The average molecular weight is 406 g/mol. The number of amides is 1. The molecular weight excluding hydrogens is 380 g/mol. The molecule has 4 heterocycles. The molecule has 30 heavy (non-hydrogen) atoms. The summed E-state index contributed by atoms with van der Waals surface area (Å²) in [7, 11) is 0. The molecule has 0 N–H and O–H groups in total. The second kappa shape index (κ2) is 8.01. The summed E-state index contributed by atoms with van der Waals surface area (Å²) >= 11 is 0. The average Bonchev–Trinajstić information content (AvgIpc) is 3.23. The van der Waals surface area contributed by atoms with E-state index in [4.69, 9.17) is 9.51 Å². The van der Waals surface area contributed by atoms with Gasteiger partial charge in [0.1, 0.15) is 0 Å². The molecule has 1 atom stereocenters. The smallest absolute Gasteiger partial charge is 0.259 e. The number of rotatable bonds is 7. The largest absolute Gasteiger partial charge is 0.342 e. The molecule has 0 bridgehead atoms. The van der Waals surface area contributed by atoms with E-state index < -0.39 is 0 Å². The fourth-order valence-corrected chi connectivity index (χ4v) is 4.51. The van der Waals surface area contributed by atoms with E-state index in [-0.39, 0.29) is 11.3 Å². The van der Waals surface area contributed by atoms with Gasteiger partial charge < -0.3 is 9.42 Å². The lowest BCUT2D eigenvalue weighted by atomic mass is 9.74. The minimum atomic E-state index is -0.231. The third-order valence-corrected chi connectivity index (χ3v) is 6.23. The van der Waals surface area contributed by atoms with Crippen LogP contribution in [0, 0.1) is 5.92 Å². The molecule has 156 valence electrons. The van der Waals surface area contributed by atoms with Gasteiger partial charge in [0.05, 0.1) is 11.0 Å². The number of hydrogen-bond donors (Lipinski definition) is 0. The van der Waals surface area contributed by atoms with Gasteiger partial charge in [0.2, 0.25) is 5.91 Å². The van der Waals surface area contributed by atoms with E-state index in [1.165, 1.54) is 12.8 Å². The topological polar surface area (TPSA) is 89.9 Å². The first kappa shape index (κ1) is 19.0. The molecule has 0 spiro atoms. The van der Waals surface area contributed by atoms with E-state index in [0.29, 0.717) is 31.3 Å². The molecule has 2 aliphatic rings. The molecule has 8 heteroatoms. The molecule has 1 saturated heterocycles. The van der Waals surface area contributed by atoms with Crippen molar-refractivity contribution in [1.82, 2.24) is 29.8 Å². The highest BCUT2D eigenvalue weighted by Crippen LogP contribution is 2.46. The van der Waals surface area contributed by atoms with Crippen molar-refractivity contribution in [2.45, 2.75) is 50.5 Å². The van der Waals surface area contributed by atoms with Crippen molar-refractivity contribution in [1.29, 1.82) is 0 Å². The SMILES string of the molecule is O=C(CCn1cccn1)N1CCCC(CC2CC2)(c2noc(-c3cccnc3)n2)C1. The van der Waals surface area contributed by atoms with Gasteiger partial charge in [0, 0.05) is 50.8 Å². The third kappa shape index (κ3) is 3.99. The van der Waals surface area contributed by atoms with Crippen LogP contribution in [0.1, 0.15) is 44.3 Å². The van der Waals surface area contributed by atoms with Crippen LogP contribution in [-0.2, 0) is 16.8 Å². The standard InChI is InChI=1S/C22H26N6O2/c29-19(7-13-28-12-3-10-24-28)27-11-2-8-22(16-27,14-17-5-6-17)21-25-20(30-26-21)18-4-1-9-23-15-18/h1,3-4,9-10,12,15,17H,2,5-8,11,13-14,16H2. The molecule has 8 nitrogen and oxygen atoms in total. The first-order valence-electron chi connectivity index (χ1n) is 10.7. The molecule has 1 aliphatic carbocycles. The fourth-order valence-electron chi connectivity index (χ4n) is 4.51. The van der Waals surface area contributed by atoms with Gasteiger partial charge in [-0.1, -0.05) is 18.0 Å². The Morgan fingerprint density at radius 1 is 1.27 bits per heavy atom.